The van der Waals surface area contributed by atoms with Gasteiger partial charge in [0, 0.05) is 11.0 Å². The molecule has 0 fully saturated rings. The number of unbranched alkanes of at least 4 members (excludes halogenated alkanes) is 1. The summed E-state index contributed by atoms with van der Waals surface area (Å²) in [5, 5.41) is 2.89. The van der Waals surface area contributed by atoms with Crippen molar-refractivity contribution in [2.24, 2.45) is 0 Å². The lowest BCUT2D eigenvalue weighted by atomic mass is 10.2. The predicted molar refractivity (Wildman–Crippen MR) is 72.6 cm³/mol. The standard InChI is InChI=1S/C13H18BrNO2/c1-3-5-8-15-13(16)11-9-10(14)6-7-12(11)17-4-2/h6-7,9H,3-5,8H2,1-2H3,(H,15,16). The van der Waals surface area contributed by atoms with Crippen LogP contribution in [0.5, 0.6) is 5.75 Å². The molecule has 0 unspecified atom stereocenters. The zero-order valence-electron chi connectivity index (χ0n) is 10.3. The maximum atomic E-state index is 12.0. The van der Waals surface area contributed by atoms with E-state index in [1.165, 1.54) is 0 Å². The molecule has 1 aromatic rings. The van der Waals surface area contributed by atoms with Crippen LogP contribution in [0.3, 0.4) is 0 Å². The Morgan fingerprint density at radius 1 is 1.41 bits per heavy atom. The van der Waals surface area contributed by atoms with Crippen LogP contribution in [-0.2, 0) is 0 Å². The third kappa shape index (κ3) is 4.38. The van der Waals surface area contributed by atoms with Gasteiger partial charge >= 0.3 is 0 Å². The number of hydrogen-bond acceptors (Lipinski definition) is 2. The van der Waals surface area contributed by atoms with Crippen molar-refractivity contribution in [1.82, 2.24) is 5.32 Å². The molecule has 0 saturated carbocycles. The van der Waals surface area contributed by atoms with E-state index in [0.29, 0.717) is 24.5 Å². The molecular formula is C13H18BrNO2. The fourth-order valence-electron chi connectivity index (χ4n) is 1.43. The van der Waals surface area contributed by atoms with Crippen molar-refractivity contribution in [1.29, 1.82) is 0 Å². The van der Waals surface area contributed by atoms with E-state index in [4.69, 9.17) is 4.74 Å². The first-order chi connectivity index (χ1) is 8.19. The Labute approximate surface area is 111 Å². The molecule has 0 saturated heterocycles. The Bertz CT molecular complexity index is 380. The van der Waals surface area contributed by atoms with Gasteiger partial charge in [0.1, 0.15) is 5.75 Å². The highest BCUT2D eigenvalue weighted by atomic mass is 79.9. The summed E-state index contributed by atoms with van der Waals surface area (Å²) in [6.07, 6.45) is 2.06. The molecule has 1 amide bonds. The number of hydrogen-bond donors (Lipinski definition) is 1. The summed E-state index contributed by atoms with van der Waals surface area (Å²) in [6, 6.07) is 5.46. The number of halogens is 1. The zero-order chi connectivity index (χ0) is 12.7. The number of carbonyl (C=O) groups excluding carboxylic acids is 1. The van der Waals surface area contributed by atoms with Crippen LogP contribution < -0.4 is 10.1 Å². The number of nitrogens with one attached hydrogen (secondary N) is 1. The third-order valence-electron chi connectivity index (χ3n) is 2.30. The second kappa shape index (κ2) is 7.33. The highest BCUT2D eigenvalue weighted by molar-refractivity contribution is 9.10. The Morgan fingerprint density at radius 2 is 2.18 bits per heavy atom. The predicted octanol–water partition coefficient (Wildman–Crippen LogP) is 3.38. The lowest BCUT2D eigenvalue weighted by molar-refractivity contribution is 0.0949. The van der Waals surface area contributed by atoms with Gasteiger partial charge in [0.05, 0.1) is 12.2 Å². The van der Waals surface area contributed by atoms with Crippen molar-refractivity contribution in [2.45, 2.75) is 26.7 Å². The molecule has 0 aromatic heterocycles. The summed E-state index contributed by atoms with van der Waals surface area (Å²) >= 11 is 3.36. The van der Waals surface area contributed by atoms with Crippen LogP contribution in [-0.4, -0.2) is 19.1 Å². The minimum Gasteiger partial charge on any atom is -0.493 e. The smallest absolute Gasteiger partial charge is 0.255 e. The van der Waals surface area contributed by atoms with Gasteiger partial charge in [0.25, 0.3) is 5.91 Å². The Hall–Kier alpha value is -1.03. The summed E-state index contributed by atoms with van der Waals surface area (Å²) in [5.41, 5.74) is 0.581. The Balaban J connectivity index is 2.78. The first-order valence-electron chi connectivity index (χ1n) is 5.89. The van der Waals surface area contributed by atoms with E-state index >= 15 is 0 Å². The largest absolute Gasteiger partial charge is 0.493 e. The van der Waals surface area contributed by atoms with E-state index in [9.17, 15) is 4.79 Å². The van der Waals surface area contributed by atoms with E-state index in [0.717, 1.165) is 17.3 Å². The molecule has 0 aliphatic carbocycles. The van der Waals surface area contributed by atoms with Crippen LogP contribution in [0.1, 0.15) is 37.0 Å². The number of carbonyl (C=O) groups is 1. The van der Waals surface area contributed by atoms with E-state index in [2.05, 4.69) is 28.2 Å². The minimum atomic E-state index is -0.0804. The molecule has 94 valence electrons. The van der Waals surface area contributed by atoms with Gasteiger partial charge in [-0.2, -0.15) is 0 Å². The van der Waals surface area contributed by atoms with Gasteiger partial charge in [-0.15, -0.1) is 0 Å². The van der Waals surface area contributed by atoms with Gasteiger partial charge in [-0.25, -0.2) is 0 Å². The van der Waals surface area contributed by atoms with Gasteiger partial charge in [-0.3, -0.25) is 4.79 Å². The third-order valence-corrected chi connectivity index (χ3v) is 2.80. The number of amides is 1. The molecule has 0 bridgehead atoms. The van der Waals surface area contributed by atoms with Crippen molar-refractivity contribution in [3.63, 3.8) is 0 Å². The fourth-order valence-corrected chi connectivity index (χ4v) is 1.80. The van der Waals surface area contributed by atoms with Gasteiger partial charge < -0.3 is 10.1 Å². The second-order valence-electron chi connectivity index (χ2n) is 3.68. The number of ether oxygens (including phenoxy) is 1. The summed E-state index contributed by atoms with van der Waals surface area (Å²) in [4.78, 5) is 12.0. The average molecular weight is 300 g/mol. The van der Waals surface area contributed by atoms with Crippen LogP contribution >= 0.6 is 15.9 Å². The number of benzene rings is 1. The van der Waals surface area contributed by atoms with Crippen LogP contribution in [0.2, 0.25) is 0 Å². The second-order valence-corrected chi connectivity index (χ2v) is 4.60. The average Bonchev–Trinajstić information content (AvgIpc) is 2.32. The molecule has 0 aliphatic rings. The lowest BCUT2D eigenvalue weighted by Crippen LogP contribution is -2.25. The molecule has 1 rings (SSSR count). The molecule has 1 N–H and O–H groups in total. The molecule has 0 aliphatic heterocycles. The van der Waals surface area contributed by atoms with E-state index < -0.39 is 0 Å². The molecule has 1 aromatic carbocycles. The van der Waals surface area contributed by atoms with E-state index in [1.54, 1.807) is 6.07 Å². The Morgan fingerprint density at radius 3 is 2.82 bits per heavy atom. The van der Waals surface area contributed by atoms with E-state index in [-0.39, 0.29) is 5.91 Å². The molecule has 0 spiro atoms. The number of rotatable bonds is 6. The summed E-state index contributed by atoms with van der Waals surface area (Å²) in [5.74, 6) is 0.549. The van der Waals surface area contributed by atoms with Crippen molar-refractivity contribution < 1.29 is 9.53 Å². The maximum absolute atomic E-state index is 12.0. The lowest BCUT2D eigenvalue weighted by Gasteiger charge is -2.10. The molecule has 3 nitrogen and oxygen atoms in total. The van der Waals surface area contributed by atoms with Crippen molar-refractivity contribution in [3.05, 3.63) is 28.2 Å². The normalized spacial score (nSPS) is 10.1. The highest BCUT2D eigenvalue weighted by Crippen LogP contribution is 2.23. The molecular weight excluding hydrogens is 282 g/mol. The van der Waals surface area contributed by atoms with Crippen LogP contribution in [0.4, 0.5) is 0 Å². The molecule has 0 heterocycles. The molecule has 4 heteroatoms. The zero-order valence-corrected chi connectivity index (χ0v) is 11.8. The Kier molecular flexibility index (Phi) is 6.05. The van der Waals surface area contributed by atoms with Crippen LogP contribution in [0.25, 0.3) is 0 Å². The van der Waals surface area contributed by atoms with Crippen molar-refractivity contribution in [3.8, 4) is 5.75 Å². The minimum absolute atomic E-state index is 0.0804. The fraction of sp³-hybridized carbons (Fsp3) is 0.462. The first-order valence-corrected chi connectivity index (χ1v) is 6.68. The van der Waals surface area contributed by atoms with Crippen LogP contribution in [0, 0.1) is 0 Å². The van der Waals surface area contributed by atoms with Crippen molar-refractivity contribution >= 4 is 21.8 Å². The SMILES string of the molecule is CCCCNC(=O)c1cc(Br)ccc1OCC. The maximum Gasteiger partial charge on any atom is 0.255 e. The van der Waals surface area contributed by atoms with Crippen LogP contribution in [0.15, 0.2) is 22.7 Å². The molecule has 0 atom stereocenters. The van der Waals surface area contributed by atoms with Crippen molar-refractivity contribution in [2.75, 3.05) is 13.2 Å². The topological polar surface area (TPSA) is 38.3 Å². The monoisotopic (exact) mass is 299 g/mol. The van der Waals surface area contributed by atoms with Gasteiger partial charge in [0.2, 0.25) is 0 Å². The van der Waals surface area contributed by atoms with Gasteiger partial charge in [-0.05, 0) is 31.5 Å². The quantitative estimate of drug-likeness (QED) is 0.818. The summed E-state index contributed by atoms with van der Waals surface area (Å²) in [7, 11) is 0. The summed E-state index contributed by atoms with van der Waals surface area (Å²) < 4.78 is 6.31. The first kappa shape index (κ1) is 14.0. The highest BCUT2D eigenvalue weighted by Gasteiger charge is 2.12. The summed E-state index contributed by atoms with van der Waals surface area (Å²) in [6.45, 7) is 5.25. The van der Waals surface area contributed by atoms with Gasteiger partial charge in [-0.1, -0.05) is 29.3 Å². The van der Waals surface area contributed by atoms with Gasteiger partial charge in [0.15, 0.2) is 0 Å². The molecule has 17 heavy (non-hydrogen) atoms. The molecule has 0 radical (unpaired) electrons. The van der Waals surface area contributed by atoms with E-state index in [1.807, 2.05) is 19.1 Å².